The van der Waals surface area contributed by atoms with Gasteiger partial charge in [-0.05, 0) is 17.7 Å². The van der Waals surface area contributed by atoms with Crippen LogP contribution < -0.4 is 0 Å². The van der Waals surface area contributed by atoms with Crippen molar-refractivity contribution in [1.82, 2.24) is 0 Å². The number of hydrogen-bond acceptors (Lipinski definition) is 0. The summed E-state index contributed by atoms with van der Waals surface area (Å²) in [6, 6.07) is 5.57. The van der Waals surface area contributed by atoms with Crippen LogP contribution in [0.2, 0.25) is 10.0 Å². The van der Waals surface area contributed by atoms with Crippen LogP contribution in [-0.2, 0) is 24.8 Å². The molecule has 1 aromatic rings. The summed E-state index contributed by atoms with van der Waals surface area (Å²) in [5.41, 5.74) is 1.13. The molecule has 0 aliphatic carbocycles. The standard InChI is InChI=1S/C7H5BrCl2.Zn/c8-4-5-1-2-6(9)7(10)3-5;/h1-3H,4H2;. The Morgan fingerprint density at radius 1 is 1.18 bits per heavy atom. The zero-order valence-corrected chi connectivity index (χ0v) is 11.8. The molecule has 1 aromatic carbocycles. The molecule has 0 nitrogen and oxygen atoms in total. The van der Waals surface area contributed by atoms with Gasteiger partial charge in [0.05, 0.1) is 10.0 Å². The molecule has 0 atom stereocenters. The smallest absolute Gasteiger partial charge is 0.0595 e. The Morgan fingerprint density at radius 2 is 1.82 bits per heavy atom. The molecule has 56 valence electrons. The summed E-state index contributed by atoms with van der Waals surface area (Å²) in [5.74, 6) is 0. The first kappa shape index (κ1) is 11.9. The molecule has 0 bridgehead atoms. The van der Waals surface area contributed by atoms with Crippen LogP contribution >= 0.6 is 39.1 Å². The van der Waals surface area contributed by atoms with Crippen LogP contribution in [0.1, 0.15) is 5.56 Å². The molecule has 4 heteroatoms. The van der Waals surface area contributed by atoms with Gasteiger partial charge in [-0.25, -0.2) is 0 Å². The fourth-order valence-electron chi connectivity index (χ4n) is 0.623. The molecular formula is C7H5BrCl2Zn. The average Bonchev–Trinajstić information content (AvgIpc) is 1.95. The quantitative estimate of drug-likeness (QED) is 0.545. The fraction of sp³-hybridized carbons (Fsp3) is 0.143. The maximum absolute atomic E-state index is 5.74. The summed E-state index contributed by atoms with van der Waals surface area (Å²) < 4.78 is 0. The van der Waals surface area contributed by atoms with Gasteiger partial charge in [-0.2, -0.15) is 0 Å². The number of hydrogen-bond donors (Lipinski definition) is 0. The van der Waals surface area contributed by atoms with Crippen LogP contribution in [0.4, 0.5) is 0 Å². The van der Waals surface area contributed by atoms with Gasteiger partial charge in [0.25, 0.3) is 0 Å². The molecule has 0 saturated carbocycles. The molecule has 0 aliphatic rings. The minimum absolute atomic E-state index is 0. The van der Waals surface area contributed by atoms with E-state index < -0.39 is 0 Å². The molecule has 0 amide bonds. The van der Waals surface area contributed by atoms with Gasteiger partial charge < -0.3 is 0 Å². The van der Waals surface area contributed by atoms with Crippen LogP contribution in [0.5, 0.6) is 0 Å². The molecule has 0 fully saturated rings. The predicted molar refractivity (Wildman–Crippen MR) is 49.1 cm³/mol. The minimum atomic E-state index is 0. The van der Waals surface area contributed by atoms with Crippen molar-refractivity contribution in [3.8, 4) is 0 Å². The van der Waals surface area contributed by atoms with E-state index in [2.05, 4.69) is 15.9 Å². The van der Waals surface area contributed by atoms with Crippen molar-refractivity contribution in [2.75, 3.05) is 0 Å². The molecule has 0 spiro atoms. The van der Waals surface area contributed by atoms with Gasteiger partial charge in [0.1, 0.15) is 0 Å². The Labute approximate surface area is 97.2 Å². The van der Waals surface area contributed by atoms with Crippen molar-refractivity contribution in [3.63, 3.8) is 0 Å². The molecule has 1 rings (SSSR count). The van der Waals surface area contributed by atoms with E-state index in [1.807, 2.05) is 12.1 Å². The Kier molecular flexibility index (Phi) is 5.99. The van der Waals surface area contributed by atoms with E-state index in [9.17, 15) is 0 Å². The first-order valence-corrected chi connectivity index (χ1v) is 4.61. The number of halogens is 3. The summed E-state index contributed by atoms with van der Waals surface area (Å²) in [5, 5.41) is 2.02. The maximum Gasteiger partial charge on any atom is 0.0595 e. The Bertz CT molecular complexity index is 240. The largest absolute Gasteiger partial charge is 0.0876 e. The van der Waals surface area contributed by atoms with E-state index in [-0.39, 0.29) is 19.5 Å². The van der Waals surface area contributed by atoms with Gasteiger partial charge in [-0.1, -0.05) is 45.2 Å². The van der Waals surface area contributed by atoms with Gasteiger partial charge in [0.15, 0.2) is 0 Å². The topological polar surface area (TPSA) is 0 Å². The van der Waals surface area contributed by atoms with Crippen molar-refractivity contribution < 1.29 is 19.5 Å². The molecule has 0 radical (unpaired) electrons. The molecule has 0 aromatic heterocycles. The van der Waals surface area contributed by atoms with Crippen molar-refractivity contribution in [3.05, 3.63) is 33.8 Å². The monoisotopic (exact) mass is 302 g/mol. The third-order valence-corrected chi connectivity index (χ3v) is 2.52. The van der Waals surface area contributed by atoms with E-state index >= 15 is 0 Å². The van der Waals surface area contributed by atoms with Gasteiger partial charge in [-0.15, -0.1) is 0 Å². The molecule has 0 saturated heterocycles. The maximum atomic E-state index is 5.74. The van der Waals surface area contributed by atoms with Crippen LogP contribution in [0.15, 0.2) is 18.2 Å². The molecule has 0 aliphatic heterocycles. The Hall–Kier alpha value is 0.903. The van der Waals surface area contributed by atoms with Gasteiger partial charge in [-0.3, -0.25) is 0 Å². The second-order valence-electron chi connectivity index (χ2n) is 1.88. The molecule has 11 heavy (non-hydrogen) atoms. The van der Waals surface area contributed by atoms with Gasteiger partial charge >= 0.3 is 0 Å². The van der Waals surface area contributed by atoms with Crippen LogP contribution in [0.3, 0.4) is 0 Å². The van der Waals surface area contributed by atoms with Crippen molar-refractivity contribution >= 4 is 39.1 Å². The minimum Gasteiger partial charge on any atom is -0.0876 e. The summed E-state index contributed by atoms with van der Waals surface area (Å²) in [6.07, 6.45) is 0. The SMILES string of the molecule is Clc1ccc(CBr)cc1Cl.[Zn]. The zero-order chi connectivity index (χ0) is 7.56. The van der Waals surface area contributed by atoms with E-state index in [0.29, 0.717) is 10.0 Å². The van der Waals surface area contributed by atoms with Gasteiger partial charge in [0, 0.05) is 24.8 Å². The third kappa shape index (κ3) is 3.42. The Balaban J connectivity index is 0.000001000. The normalized spacial score (nSPS) is 9.00. The van der Waals surface area contributed by atoms with Crippen molar-refractivity contribution in [2.24, 2.45) is 0 Å². The number of rotatable bonds is 1. The second-order valence-corrected chi connectivity index (χ2v) is 3.26. The van der Waals surface area contributed by atoms with Crippen LogP contribution in [0.25, 0.3) is 0 Å². The number of benzene rings is 1. The fourth-order valence-corrected chi connectivity index (χ4v) is 1.29. The molecular weight excluding hydrogens is 300 g/mol. The van der Waals surface area contributed by atoms with E-state index in [4.69, 9.17) is 23.2 Å². The molecule has 0 unspecified atom stereocenters. The second kappa shape index (κ2) is 5.53. The summed E-state index contributed by atoms with van der Waals surface area (Å²) in [6.45, 7) is 0. The zero-order valence-electron chi connectivity index (χ0n) is 5.78. The predicted octanol–water partition coefficient (Wildman–Crippen LogP) is 3.89. The van der Waals surface area contributed by atoms with E-state index in [1.54, 1.807) is 6.07 Å². The summed E-state index contributed by atoms with van der Waals surface area (Å²) in [4.78, 5) is 0. The third-order valence-electron chi connectivity index (χ3n) is 1.14. The average molecular weight is 305 g/mol. The van der Waals surface area contributed by atoms with E-state index in [1.165, 1.54) is 0 Å². The summed E-state index contributed by atoms with van der Waals surface area (Å²) >= 11 is 14.7. The molecule has 0 heterocycles. The van der Waals surface area contributed by atoms with Crippen LogP contribution in [-0.4, -0.2) is 0 Å². The summed E-state index contributed by atoms with van der Waals surface area (Å²) in [7, 11) is 0. The van der Waals surface area contributed by atoms with E-state index in [0.717, 1.165) is 10.9 Å². The van der Waals surface area contributed by atoms with Crippen molar-refractivity contribution in [1.29, 1.82) is 0 Å². The first-order valence-electron chi connectivity index (χ1n) is 2.74. The van der Waals surface area contributed by atoms with Crippen LogP contribution in [0, 0.1) is 0 Å². The van der Waals surface area contributed by atoms with Crippen molar-refractivity contribution in [2.45, 2.75) is 5.33 Å². The number of alkyl halides is 1. The van der Waals surface area contributed by atoms with Gasteiger partial charge in [0.2, 0.25) is 0 Å². The Morgan fingerprint density at radius 3 is 2.27 bits per heavy atom. The first-order chi connectivity index (χ1) is 4.74. The molecule has 0 N–H and O–H groups in total.